The summed E-state index contributed by atoms with van der Waals surface area (Å²) in [6.07, 6.45) is 0.783. The first-order valence-corrected chi connectivity index (χ1v) is 5.90. The van der Waals surface area contributed by atoms with Gasteiger partial charge in [0.1, 0.15) is 11.4 Å². The summed E-state index contributed by atoms with van der Waals surface area (Å²) < 4.78 is 13.1. The van der Waals surface area contributed by atoms with E-state index in [1.165, 1.54) is 0 Å². The van der Waals surface area contributed by atoms with Gasteiger partial charge in [-0.3, -0.25) is 14.9 Å². The molecule has 0 aromatic heterocycles. The van der Waals surface area contributed by atoms with Crippen molar-refractivity contribution >= 4 is 11.6 Å². The molecule has 1 aromatic carbocycles. The lowest BCUT2D eigenvalue weighted by Crippen LogP contribution is -2.36. The Hall–Kier alpha value is -2.02. The highest BCUT2D eigenvalue weighted by Gasteiger charge is 2.25. The van der Waals surface area contributed by atoms with Crippen LogP contribution in [0, 0.1) is 15.9 Å². The van der Waals surface area contributed by atoms with E-state index in [0.717, 1.165) is 31.2 Å². The van der Waals surface area contributed by atoms with Gasteiger partial charge in [0.2, 0.25) is 0 Å². The molecule has 6 nitrogen and oxygen atoms in total. The molecule has 7 heteroatoms. The first kappa shape index (κ1) is 13.4. The number of likely N-dealkylation sites (N-methyl/N-ethyl adjacent to an activating group) is 1. The van der Waals surface area contributed by atoms with Crippen molar-refractivity contribution in [2.75, 3.05) is 20.1 Å². The third-order valence-electron chi connectivity index (χ3n) is 3.13. The number of nitro benzene ring substituents is 1. The normalized spacial score (nSPS) is 19.4. The number of nitrogens with one attached hydrogen (secondary N) is 1. The maximum Gasteiger partial charge on any atom is 0.282 e. The van der Waals surface area contributed by atoms with Crippen LogP contribution in [0.25, 0.3) is 0 Å². The van der Waals surface area contributed by atoms with Crippen LogP contribution >= 0.6 is 0 Å². The molecule has 2 rings (SSSR count). The van der Waals surface area contributed by atoms with Gasteiger partial charge in [-0.1, -0.05) is 0 Å². The molecule has 0 bridgehead atoms. The molecule has 1 saturated heterocycles. The predicted octanol–water partition coefficient (Wildman–Crippen LogP) is 1.17. The summed E-state index contributed by atoms with van der Waals surface area (Å²) in [7, 11) is 1.93. The summed E-state index contributed by atoms with van der Waals surface area (Å²) in [5, 5.41) is 13.5. The van der Waals surface area contributed by atoms with Crippen molar-refractivity contribution in [3.8, 4) is 0 Å². The fraction of sp³-hybridized carbons (Fsp3) is 0.417. The number of hydrogen-bond acceptors (Lipinski definition) is 4. The molecule has 0 aliphatic carbocycles. The second-order valence-corrected chi connectivity index (χ2v) is 4.64. The molecule has 1 amide bonds. The van der Waals surface area contributed by atoms with Gasteiger partial charge in [0.05, 0.1) is 4.92 Å². The number of rotatable bonds is 3. The van der Waals surface area contributed by atoms with Gasteiger partial charge in [0.15, 0.2) is 0 Å². The highest BCUT2D eigenvalue weighted by Crippen LogP contribution is 2.20. The Morgan fingerprint density at radius 1 is 1.58 bits per heavy atom. The summed E-state index contributed by atoms with van der Waals surface area (Å²) in [6.45, 7) is 1.55. The molecule has 1 aliphatic heterocycles. The summed E-state index contributed by atoms with van der Waals surface area (Å²) in [5.74, 6) is -1.27. The SMILES string of the molecule is CN1CCC(NC(=O)c2cc(F)ccc2[N+](=O)[O-])C1. The van der Waals surface area contributed by atoms with Gasteiger partial charge in [0, 0.05) is 18.7 Å². The number of benzene rings is 1. The zero-order valence-corrected chi connectivity index (χ0v) is 10.4. The Bertz CT molecular complexity index is 521. The molecular weight excluding hydrogens is 253 g/mol. The number of halogens is 1. The molecule has 1 N–H and O–H groups in total. The van der Waals surface area contributed by atoms with Gasteiger partial charge >= 0.3 is 0 Å². The Morgan fingerprint density at radius 2 is 2.32 bits per heavy atom. The minimum Gasteiger partial charge on any atom is -0.348 e. The molecule has 1 atom stereocenters. The molecule has 19 heavy (non-hydrogen) atoms. The van der Waals surface area contributed by atoms with Gasteiger partial charge < -0.3 is 10.2 Å². The lowest BCUT2D eigenvalue weighted by Gasteiger charge is -2.12. The number of carbonyl (C=O) groups excluding carboxylic acids is 1. The number of hydrogen-bond donors (Lipinski definition) is 1. The molecule has 1 aliphatic rings. The zero-order valence-electron chi connectivity index (χ0n) is 10.4. The number of amides is 1. The molecule has 1 aromatic rings. The highest BCUT2D eigenvalue weighted by atomic mass is 19.1. The third-order valence-corrected chi connectivity index (χ3v) is 3.13. The standard InChI is InChI=1S/C12H14FN3O3/c1-15-5-4-9(7-15)14-12(17)10-6-8(13)2-3-11(10)16(18)19/h2-3,6,9H,4-5,7H2,1H3,(H,14,17). The van der Waals surface area contributed by atoms with E-state index < -0.39 is 16.6 Å². The molecular formula is C12H14FN3O3. The van der Waals surface area contributed by atoms with Crippen molar-refractivity contribution in [3.63, 3.8) is 0 Å². The van der Waals surface area contributed by atoms with Crippen LogP contribution in [0.2, 0.25) is 0 Å². The quantitative estimate of drug-likeness (QED) is 0.659. The molecule has 1 fully saturated rings. The van der Waals surface area contributed by atoms with Crippen LogP contribution in [0.3, 0.4) is 0 Å². The Morgan fingerprint density at radius 3 is 2.89 bits per heavy atom. The van der Waals surface area contributed by atoms with Crippen molar-refractivity contribution < 1.29 is 14.1 Å². The van der Waals surface area contributed by atoms with Crippen LogP contribution in [0.4, 0.5) is 10.1 Å². The minimum atomic E-state index is -0.685. The van der Waals surface area contributed by atoms with Crippen molar-refractivity contribution in [1.29, 1.82) is 0 Å². The van der Waals surface area contributed by atoms with Crippen molar-refractivity contribution in [1.82, 2.24) is 10.2 Å². The van der Waals surface area contributed by atoms with E-state index in [1.807, 2.05) is 11.9 Å². The average Bonchev–Trinajstić information content (AvgIpc) is 2.74. The lowest BCUT2D eigenvalue weighted by atomic mass is 10.1. The van der Waals surface area contributed by atoms with Gasteiger partial charge in [-0.2, -0.15) is 0 Å². The van der Waals surface area contributed by atoms with E-state index in [0.29, 0.717) is 6.54 Å². The van der Waals surface area contributed by atoms with E-state index in [-0.39, 0.29) is 17.3 Å². The smallest absolute Gasteiger partial charge is 0.282 e. The van der Waals surface area contributed by atoms with E-state index in [1.54, 1.807) is 0 Å². The molecule has 1 unspecified atom stereocenters. The zero-order chi connectivity index (χ0) is 14.0. The van der Waals surface area contributed by atoms with Gasteiger partial charge in [-0.25, -0.2) is 4.39 Å². The van der Waals surface area contributed by atoms with Crippen LogP contribution in [0.15, 0.2) is 18.2 Å². The summed E-state index contributed by atoms with van der Waals surface area (Å²) in [4.78, 5) is 24.2. The van der Waals surface area contributed by atoms with Crippen molar-refractivity contribution in [2.45, 2.75) is 12.5 Å². The first-order valence-electron chi connectivity index (χ1n) is 5.90. The lowest BCUT2D eigenvalue weighted by molar-refractivity contribution is -0.385. The largest absolute Gasteiger partial charge is 0.348 e. The third kappa shape index (κ3) is 3.05. The monoisotopic (exact) mass is 267 g/mol. The number of likely N-dealkylation sites (tertiary alicyclic amines) is 1. The van der Waals surface area contributed by atoms with Crippen molar-refractivity contribution in [3.05, 3.63) is 39.7 Å². The second kappa shape index (κ2) is 5.31. The van der Waals surface area contributed by atoms with Crippen LogP contribution in [-0.2, 0) is 0 Å². The molecule has 0 saturated carbocycles. The fourth-order valence-electron chi connectivity index (χ4n) is 2.17. The molecule has 1 heterocycles. The maximum absolute atomic E-state index is 13.1. The van der Waals surface area contributed by atoms with Crippen LogP contribution in [-0.4, -0.2) is 41.9 Å². The minimum absolute atomic E-state index is 0.0552. The summed E-state index contributed by atoms with van der Waals surface area (Å²) in [5.41, 5.74) is -0.621. The van der Waals surface area contributed by atoms with E-state index in [9.17, 15) is 19.3 Å². The molecule has 102 valence electrons. The highest BCUT2D eigenvalue weighted by molar-refractivity contribution is 5.98. The van der Waals surface area contributed by atoms with E-state index in [2.05, 4.69) is 5.32 Å². The van der Waals surface area contributed by atoms with Gasteiger partial charge in [-0.15, -0.1) is 0 Å². The van der Waals surface area contributed by atoms with Crippen LogP contribution < -0.4 is 5.32 Å². The Labute approximate surface area is 109 Å². The summed E-state index contributed by atoms with van der Waals surface area (Å²) in [6, 6.07) is 2.82. The Balaban J connectivity index is 2.18. The second-order valence-electron chi connectivity index (χ2n) is 4.64. The predicted molar refractivity (Wildman–Crippen MR) is 66.4 cm³/mol. The topological polar surface area (TPSA) is 75.5 Å². The number of nitro groups is 1. The number of nitrogens with zero attached hydrogens (tertiary/aromatic N) is 2. The first-order chi connectivity index (χ1) is 8.97. The summed E-state index contributed by atoms with van der Waals surface area (Å²) >= 11 is 0. The van der Waals surface area contributed by atoms with Crippen LogP contribution in [0.5, 0.6) is 0 Å². The molecule has 0 radical (unpaired) electrons. The van der Waals surface area contributed by atoms with E-state index >= 15 is 0 Å². The number of carbonyl (C=O) groups is 1. The van der Waals surface area contributed by atoms with Gasteiger partial charge in [-0.05, 0) is 32.1 Å². The van der Waals surface area contributed by atoms with Crippen molar-refractivity contribution in [2.24, 2.45) is 0 Å². The van der Waals surface area contributed by atoms with Gasteiger partial charge in [0.25, 0.3) is 11.6 Å². The molecule has 0 spiro atoms. The average molecular weight is 267 g/mol. The van der Waals surface area contributed by atoms with E-state index in [4.69, 9.17) is 0 Å². The fourth-order valence-corrected chi connectivity index (χ4v) is 2.17. The maximum atomic E-state index is 13.1. The van der Waals surface area contributed by atoms with Crippen LogP contribution in [0.1, 0.15) is 16.8 Å². The Kier molecular flexibility index (Phi) is 3.75.